The van der Waals surface area contributed by atoms with E-state index in [0.717, 1.165) is 62.4 Å². The van der Waals surface area contributed by atoms with E-state index in [9.17, 15) is 0 Å². The Labute approximate surface area is 176 Å². The van der Waals surface area contributed by atoms with Crippen LogP contribution in [0.25, 0.3) is 11.0 Å². The lowest BCUT2D eigenvalue weighted by Crippen LogP contribution is -2.41. The number of nitrogens with zero attached hydrogens (tertiary/aromatic N) is 2. The van der Waals surface area contributed by atoms with Gasteiger partial charge in [0.2, 0.25) is 0 Å². The smallest absolute Gasteiger partial charge is 0.167 e. The number of nitrogens with one attached hydrogen (secondary N) is 3. The summed E-state index contributed by atoms with van der Waals surface area (Å²) >= 11 is 5.60. The second-order valence-corrected chi connectivity index (χ2v) is 7.64. The molecule has 0 spiro atoms. The first kappa shape index (κ1) is 19.8. The number of benzene rings is 2. The van der Waals surface area contributed by atoms with Crippen LogP contribution in [0, 0.1) is 0 Å². The molecule has 4 rings (SSSR count). The van der Waals surface area contributed by atoms with E-state index < -0.39 is 0 Å². The van der Waals surface area contributed by atoms with Gasteiger partial charge in [0.1, 0.15) is 0 Å². The SMILES string of the molecule is S=C(NCCCN1CCOCC1)N[C@H](c1ccccc1)c1ccc2nc[nH]c2c1. The molecular formula is C22H27N5OS. The second-order valence-electron chi connectivity index (χ2n) is 7.23. The van der Waals surface area contributed by atoms with Crippen molar-refractivity contribution in [2.45, 2.75) is 12.5 Å². The fourth-order valence-corrected chi connectivity index (χ4v) is 3.87. The number of aromatic nitrogens is 2. The molecule has 3 N–H and O–H groups in total. The predicted molar refractivity (Wildman–Crippen MR) is 120 cm³/mol. The van der Waals surface area contributed by atoms with Gasteiger partial charge in [0.05, 0.1) is 36.6 Å². The third kappa shape index (κ3) is 5.32. The molecule has 1 aliphatic heterocycles. The highest BCUT2D eigenvalue weighted by molar-refractivity contribution is 7.80. The van der Waals surface area contributed by atoms with Crippen LogP contribution in [0.1, 0.15) is 23.6 Å². The number of fused-ring (bicyclic) bond motifs is 1. The topological polar surface area (TPSA) is 65.2 Å². The molecule has 2 heterocycles. The summed E-state index contributed by atoms with van der Waals surface area (Å²) in [6.07, 6.45) is 2.78. The Hall–Kier alpha value is -2.48. The molecule has 152 valence electrons. The Morgan fingerprint density at radius 3 is 2.79 bits per heavy atom. The van der Waals surface area contributed by atoms with Gasteiger partial charge in [0, 0.05) is 19.6 Å². The first-order valence-electron chi connectivity index (χ1n) is 10.1. The minimum Gasteiger partial charge on any atom is -0.379 e. The first-order valence-corrected chi connectivity index (χ1v) is 10.5. The van der Waals surface area contributed by atoms with E-state index in [4.69, 9.17) is 17.0 Å². The molecule has 0 saturated carbocycles. The maximum absolute atomic E-state index is 5.60. The molecule has 0 unspecified atom stereocenters. The molecule has 1 fully saturated rings. The molecule has 2 aromatic carbocycles. The van der Waals surface area contributed by atoms with Crippen molar-refractivity contribution in [1.82, 2.24) is 25.5 Å². The van der Waals surface area contributed by atoms with Crippen molar-refractivity contribution in [3.63, 3.8) is 0 Å². The summed E-state index contributed by atoms with van der Waals surface area (Å²) in [5, 5.41) is 7.54. The van der Waals surface area contributed by atoms with Crippen molar-refractivity contribution in [3.05, 3.63) is 66.0 Å². The van der Waals surface area contributed by atoms with Gasteiger partial charge in [-0.25, -0.2) is 4.98 Å². The van der Waals surface area contributed by atoms with Crippen molar-refractivity contribution in [1.29, 1.82) is 0 Å². The number of thiocarbonyl (C=S) groups is 1. The van der Waals surface area contributed by atoms with E-state index in [1.165, 1.54) is 5.56 Å². The molecule has 7 heteroatoms. The third-order valence-corrected chi connectivity index (χ3v) is 5.49. The number of rotatable bonds is 7. The van der Waals surface area contributed by atoms with Gasteiger partial charge < -0.3 is 20.4 Å². The van der Waals surface area contributed by atoms with Gasteiger partial charge >= 0.3 is 0 Å². The lowest BCUT2D eigenvalue weighted by Gasteiger charge is -2.26. The summed E-state index contributed by atoms with van der Waals surface area (Å²) in [4.78, 5) is 9.95. The van der Waals surface area contributed by atoms with Crippen molar-refractivity contribution in [3.8, 4) is 0 Å². The Kier molecular flexibility index (Phi) is 6.71. The zero-order chi connectivity index (χ0) is 19.9. The summed E-state index contributed by atoms with van der Waals surface area (Å²) < 4.78 is 5.40. The van der Waals surface area contributed by atoms with Crippen LogP contribution in [-0.2, 0) is 4.74 Å². The maximum atomic E-state index is 5.60. The standard InChI is InChI=1S/C22H27N5OS/c29-22(23-9-4-10-27-11-13-28-14-12-27)26-21(17-5-2-1-3-6-17)18-7-8-19-20(15-18)25-16-24-19/h1-3,5-8,15-16,21H,4,9-14H2,(H,24,25)(H2,23,26,29)/t21-/m1/s1. The maximum Gasteiger partial charge on any atom is 0.167 e. The molecule has 1 atom stereocenters. The highest BCUT2D eigenvalue weighted by atomic mass is 32.1. The van der Waals surface area contributed by atoms with E-state index in [1.807, 2.05) is 12.1 Å². The van der Waals surface area contributed by atoms with Crippen molar-refractivity contribution in [2.75, 3.05) is 39.4 Å². The molecule has 0 amide bonds. The van der Waals surface area contributed by atoms with Crippen LogP contribution in [-0.4, -0.2) is 59.4 Å². The fourth-order valence-electron chi connectivity index (χ4n) is 3.65. The van der Waals surface area contributed by atoms with Crippen LogP contribution in [0.3, 0.4) is 0 Å². The summed E-state index contributed by atoms with van der Waals surface area (Å²) in [5.41, 5.74) is 4.30. The van der Waals surface area contributed by atoms with Crippen LogP contribution in [0.15, 0.2) is 54.9 Å². The average Bonchev–Trinajstić information content (AvgIpc) is 3.24. The molecule has 1 aliphatic rings. The van der Waals surface area contributed by atoms with Gasteiger partial charge in [0.15, 0.2) is 5.11 Å². The number of hydrogen-bond donors (Lipinski definition) is 3. The minimum atomic E-state index is -0.0249. The molecule has 0 aliphatic carbocycles. The summed E-state index contributed by atoms with van der Waals surface area (Å²) in [6, 6.07) is 16.6. The highest BCUT2D eigenvalue weighted by Crippen LogP contribution is 2.24. The van der Waals surface area contributed by atoms with Crippen LogP contribution in [0.4, 0.5) is 0 Å². The second kappa shape index (κ2) is 9.82. The van der Waals surface area contributed by atoms with Gasteiger partial charge in [-0.05, 0) is 48.4 Å². The van der Waals surface area contributed by atoms with E-state index in [-0.39, 0.29) is 6.04 Å². The lowest BCUT2D eigenvalue weighted by atomic mass is 9.98. The number of H-pyrrole nitrogens is 1. The fraction of sp³-hybridized carbons (Fsp3) is 0.364. The lowest BCUT2D eigenvalue weighted by molar-refractivity contribution is 0.0376. The number of morpholine rings is 1. The molecule has 0 radical (unpaired) electrons. The Bertz CT molecular complexity index is 923. The number of hydrogen-bond acceptors (Lipinski definition) is 4. The van der Waals surface area contributed by atoms with Gasteiger partial charge in [0.25, 0.3) is 0 Å². The van der Waals surface area contributed by atoms with E-state index in [2.05, 4.69) is 61.9 Å². The molecular weight excluding hydrogens is 382 g/mol. The van der Waals surface area contributed by atoms with Gasteiger partial charge in [-0.3, -0.25) is 4.90 Å². The van der Waals surface area contributed by atoms with Gasteiger partial charge in [-0.2, -0.15) is 0 Å². The molecule has 29 heavy (non-hydrogen) atoms. The number of imidazole rings is 1. The summed E-state index contributed by atoms with van der Waals surface area (Å²) in [5.74, 6) is 0. The zero-order valence-corrected chi connectivity index (χ0v) is 17.3. The third-order valence-electron chi connectivity index (χ3n) is 5.23. The van der Waals surface area contributed by atoms with Gasteiger partial charge in [-0.1, -0.05) is 36.4 Å². The Morgan fingerprint density at radius 2 is 1.97 bits per heavy atom. The molecule has 0 bridgehead atoms. The molecule has 3 aromatic rings. The van der Waals surface area contributed by atoms with E-state index in [1.54, 1.807) is 6.33 Å². The van der Waals surface area contributed by atoms with Crippen molar-refractivity contribution in [2.24, 2.45) is 0 Å². The monoisotopic (exact) mass is 409 g/mol. The first-order chi connectivity index (χ1) is 14.3. The Morgan fingerprint density at radius 1 is 1.14 bits per heavy atom. The highest BCUT2D eigenvalue weighted by Gasteiger charge is 2.16. The van der Waals surface area contributed by atoms with Crippen LogP contribution < -0.4 is 10.6 Å². The normalized spacial score (nSPS) is 15.9. The van der Waals surface area contributed by atoms with Crippen molar-refractivity contribution < 1.29 is 4.74 Å². The largest absolute Gasteiger partial charge is 0.379 e. The minimum absolute atomic E-state index is 0.0249. The predicted octanol–water partition coefficient (Wildman–Crippen LogP) is 2.84. The summed E-state index contributed by atoms with van der Waals surface area (Å²) in [6.45, 7) is 5.64. The van der Waals surface area contributed by atoms with Crippen LogP contribution >= 0.6 is 12.2 Å². The number of aromatic amines is 1. The molecule has 1 aromatic heterocycles. The van der Waals surface area contributed by atoms with Gasteiger partial charge in [-0.15, -0.1) is 0 Å². The van der Waals surface area contributed by atoms with Crippen LogP contribution in [0.5, 0.6) is 0 Å². The van der Waals surface area contributed by atoms with Crippen LogP contribution in [0.2, 0.25) is 0 Å². The van der Waals surface area contributed by atoms with E-state index >= 15 is 0 Å². The van der Waals surface area contributed by atoms with Crippen molar-refractivity contribution >= 4 is 28.4 Å². The number of ether oxygens (including phenoxy) is 1. The molecule has 6 nitrogen and oxygen atoms in total. The Balaban J connectivity index is 1.38. The average molecular weight is 410 g/mol. The zero-order valence-electron chi connectivity index (χ0n) is 16.4. The molecule has 1 saturated heterocycles. The summed E-state index contributed by atoms with van der Waals surface area (Å²) in [7, 11) is 0. The van der Waals surface area contributed by atoms with E-state index in [0.29, 0.717) is 5.11 Å². The quantitative estimate of drug-likeness (QED) is 0.412.